The van der Waals surface area contributed by atoms with Gasteiger partial charge in [0.05, 0.1) is 24.3 Å². The lowest BCUT2D eigenvalue weighted by atomic mass is 9.92. The number of anilines is 1. The summed E-state index contributed by atoms with van der Waals surface area (Å²) in [5, 5.41) is 6.70. The number of nitrogens with one attached hydrogen (secondary N) is 1. The third-order valence-electron chi connectivity index (χ3n) is 5.96. The van der Waals surface area contributed by atoms with Gasteiger partial charge in [0, 0.05) is 11.6 Å². The Morgan fingerprint density at radius 1 is 1.18 bits per heavy atom. The fourth-order valence-corrected chi connectivity index (χ4v) is 4.39. The number of aryl methyl sites for hydroxylation is 1. The molecule has 3 heterocycles. The molecule has 3 aromatic rings. The van der Waals surface area contributed by atoms with E-state index < -0.39 is 47.3 Å². The van der Waals surface area contributed by atoms with Crippen molar-refractivity contribution in [3.63, 3.8) is 0 Å². The second-order valence-electron chi connectivity index (χ2n) is 7.96. The van der Waals surface area contributed by atoms with Gasteiger partial charge in [-0.1, -0.05) is 18.2 Å². The van der Waals surface area contributed by atoms with Crippen molar-refractivity contribution in [1.29, 1.82) is 0 Å². The molecule has 0 aliphatic carbocycles. The molecule has 0 saturated carbocycles. The molecule has 170 valence electrons. The van der Waals surface area contributed by atoms with Crippen molar-refractivity contribution in [2.75, 3.05) is 11.9 Å². The maximum Gasteiger partial charge on any atom is 0.288 e. The summed E-state index contributed by atoms with van der Waals surface area (Å²) in [5.74, 6) is -4.49. The van der Waals surface area contributed by atoms with Crippen molar-refractivity contribution >= 4 is 17.5 Å². The van der Waals surface area contributed by atoms with Gasteiger partial charge >= 0.3 is 0 Å². The minimum atomic E-state index is -0.972. The van der Waals surface area contributed by atoms with Crippen molar-refractivity contribution in [2.45, 2.75) is 25.0 Å². The van der Waals surface area contributed by atoms with Crippen molar-refractivity contribution in [2.24, 2.45) is 11.7 Å². The first-order chi connectivity index (χ1) is 15.8. The van der Waals surface area contributed by atoms with E-state index in [0.29, 0.717) is 11.6 Å². The molecule has 2 aliphatic heterocycles. The Balaban J connectivity index is 1.53. The van der Waals surface area contributed by atoms with E-state index >= 15 is 0 Å². The van der Waals surface area contributed by atoms with Gasteiger partial charge < -0.3 is 15.8 Å². The van der Waals surface area contributed by atoms with Crippen LogP contribution in [0.5, 0.6) is 0 Å². The zero-order chi connectivity index (χ0) is 23.3. The van der Waals surface area contributed by atoms with Gasteiger partial charge in [0.1, 0.15) is 23.6 Å². The lowest BCUT2D eigenvalue weighted by Gasteiger charge is -2.33. The number of carbonyl (C=O) groups is 2. The smallest absolute Gasteiger partial charge is 0.288 e. The third kappa shape index (κ3) is 3.63. The average molecular weight is 457 g/mol. The van der Waals surface area contributed by atoms with Gasteiger partial charge in [0.15, 0.2) is 5.82 Å². The van der Waals surface area contributed by atoms with Gasteiger partial charge in [-0.15, -0.1) is 5.10 Å². The van der Waals surface area contributed by atoms with Gasteiger partial charge in [-0.25, -0.2) is 22.8 Å². The van der Waals surface area contributed by atoms with Crippen molar-refractivity contribution < 1.29 is 27.5 Å². The Kier molecular flexibility index (Phi) is 5.12. The number of hydrogen-bond donors (Lipinski definition) is 2. The molecule has 2 aromatic carbocycles. The second kappa shape index (κ2) is 8.00. The monoisotopic (exact) mass is 457 g/mol. The molecule has 3 N–H and O–H groups in total. The van der Waals surface area contributed by atoms with Crippen LogP contribution in [0.4, 0.5) is 18.9 Å². The molecule has 2 aliphatic rings. The van der Waals surface area contributed by atoms with Crippen LogP contribution in [-0.2, 0) is 16.0 Å². The molecule has 33 heavy (non-hydrogen) atoms. The summed E-state index contributed by atoms with van der Waals surface area (Å²) in [6.07, 6.45) is -0.528. The van der Waals surface area contributed by atoms with Crippen LogP contribution >= 0.6 is 0 Å². The van der Waals surface area contributed by atoms with Crippen LogP contribution in [0.25, 0.3) is 0 Å². The molecule has 11 heteroatoms. The lowest BCUT2D eigenvalue weighted by Crippen LogP contribution is -2.38. The van der Waals surface area contributed by atoms with E-state index in [2.05, 4.69) is 15.4 Å². The van der Waals surface area contributed by atoms with E-state index in [1.54, 1.807) is 6.07 Å². The van der Waals surface area contributed by atoms with Crippen LogP contribution in [0.3, 0.4) is 0 Å². The summed E-state index contributed by atoms with van der Waals surface area (Å²) >= 11 is 0. The first-order valence-electron chi connectivity index (χ1n) is 10.2. The van der Waals surface area contributed by atoms with Gasteiger partial charge in [-0.05, 0) is 30.5 Å². The molecule has 2 amide bonds. The Morgan fingerprint density at radius 2 is 1.97 bits per heavy atom. The summed E-state index contributed by atoms with van der Waals surface area (Å²) in [6.45, 7) is -0.0567. The van der Waals surface area contributed by atoms with Crippen molar-refractivity contribution in [3.05, 3.63) is 76.6 Å². The first kappa shape index (κ1) is 21.1. The molecule has 2 unspecified atom stereocenters. The minimum Gasteiger partial charge on any atom is -0.363 e. The van der Waals surface area contributed by atoms with E-state index in [-0.39, 0.29) is 42.3 Å². The molecule has 3 atom stereocenters. The zero-order valence-electron chi connectivity index (χ0n) is 17.1. The Morgan fingerprint density at radius 3 is 2.73 bits per heavy atom. The zero-order valence-corrected chi connectivity index (χ0v) is 17.1. The van der Waals surface area contributed by atoms with Crippen molar-refractivity contribution in [1.82, 2.24) is 14.8 Å². The number of fused-ring (bicyclic) bond motifs is 2. The van der Waals surface area contributed by atoms with Crippen LogP contribution in [0.2, 0.25) is 0 Å². The highest BCUT2D eigenvalue weighted by Gasteiger charge is 2.41. The number of aromatic nitrogens is 3. The number of carbonyl (C=O) groups excluding carboxylic acids is 2. The summed E-state index contributed by atoms with van der Waals surface area (Å²) in [7, 11) is 0. The SMILES string of the molecule is NC(=O)c1nc2n(n1)C([C@@H]1CCc3cc(F)cc(F)c3NC1=O)COC2c1ccccc1F. The lowest BCUT2D eigenvalue weighted by molar-refractivity contribution is -0.123. The number of hydrogen-bond acceptors (Lipinski definition) is 5. The number of primary amides is 1. The fourth-order valence-electron chi connectivity index (χ4n) is 4.39. The summed E-state index contributed by atoms with van der Waals surface area (Å²) in [5.41, 5.74) is 5.81. The summed E-state index contributed by atoms with van der Waals surface area (Å²) < 4.78 is 49.7. The minimum absolute atomic E-state index is 0.0567. The molecule has 0 radical (unpaired) electrons. The van der Waals surface area contributed by atoms with Gasteiger partial charge in [0.25, 0.3) is 5.91 Å². The Labute approximate surface area is 185 Å². The number of amides is 2. The van der Waals surface area contributed by atoms with Gasteiger partial charge in [-0.2, -0.15) is 0 Å². The van der Waals surface area contributed by atoms with Crippen LogP contribution in [0.15, 0.2) is 36.4 Å². The third-order valence-corrected chi connectivity index (χ3v) is 5.96. The maximum absolute atomic E-state index is 14.5. The Bertz CT molecular complexity index is 1280. The number of rotatable bonds is 3. The number of halogens is 3. The maximum atomic E-state index is 14.5. The van der Waals surface area contributed by atoms with E-state index in [0.717, 1.165) is 0 Å². The number of nitrogens with two attached hydrogens (primary N) is 1. The van der Waals surface area contributed by atoms with Crippen LogP contribution in [0, 0.1) is 23.4 Å². The summed E-state index contributed by atoms with van der Waals surface area (Å²) in [6, 6.07) is 7.10. The molecule has 0 saturated heterocycles. The van der Waals surface area contributed by atoms with Crippen molar-refractivity contribution in [3.8, 4) is 0 Å². The molecule has 0 fully saturated rings. The molecule has 0 spiro atoms. The van der Waals surface area contributed by atoms with E-state index in [9.17, 15) is 22.8 Å². The molecule has 0 bridgehead atoms. The second-order valence-corrected chi connectivity index (χ2v) is 7.96. The molecular formula is C22H18F3N5O3. The quantitative estimate of drug-likeness (QED) is 0.628. The topological polar surface area (TPSA) is 112 Å². The van der Waals surface area contributed by atoms with E-state index in [1.807, 2.05) is 0 Å². The molecular weight excluding hydrogens is 439 g/mol. The predicted molar refractivity (Wildman–Crippen MR) is 109 cm³/mol. The molecule has 1 aromatic heterocycles. The fraction of sp³-hybridized carbons (Fsp3) is 0.273. The average Bonchev–Trinajstić information content (AvgIpc) is 3.16. The Hall–Kier alpha value is -3.73. The largest absolute Gasteiger partial charge is 0.363 e. The summed E-state index contributed by atoms with van der Waals surface area (Å²) in [4.78, 5) is 28.9. The van der Waals surface area contributed by atoms with Crippen LogP contribution in [0.1, 0.15) is 46.1 Å². The molecule has 5 rings (SSSR count). The van der Waals surface area contributed by atoms with Gasteiger partial charge in [-0.3, -0.25) is 9.59 Å². The standard InChI is InChI=1S/C22H18F3N5O3/c23-11-7-10-5-6-13(22(32)27-17(10)15(25)8-11)16-9-33-18(12-3-1-2-4-14(12)24)21-28-20(19(26)31)29-30(16)21/h1-4,7-8,13,16,18H,5-6,9H2,(H2,26,31)(H,27,32)/t13-,16?,18?/m0/s1. The van der Waals surface area contributed by atoms with E-state index in [4.69, 9.17) is 10.5 Å². The van der Waals surface area contributed by atoms with Crippen LogP contribution in [-0.4, -0.2) is 33.2 Å². The normalized spacial score (nSPS) is 22.2. The molecule has 8 nitrogen and oxygen atoms in total. The highest BCUT2D eigenvalue weighted by Crippen LogP contribution is 2.39. The highest BCUT2D eigenvalue weighted by atomic mass is 19.1. The van der Waals surface area contributed by atoms with Crippen LogP contribution < -0.4 is 11.1 Å². The van der Waals surface area contributed by atoms with Gasteiger partial charge in [0.2, 0.25) is 11.7 Å². The number of benzene rings is 2. The number of nitrogens with zero attached hydrogens (tertiary/aromatic N) is 3. The highest BCUT2D eigenvalue weighted by molar-refractivity contribution is 5.94. The van der Waals surface area contributed by atoms with E-state index in [1.165, 1.54) is 28.9 Å². The first-order valence-corrected chi connectivity index (χ1v) is 10.2. The number of ether oxygens (including phenoxy) is 1. The predicted octanol–water partition coefficient (Wildman–Crippen LogP) is 2.66.